The first kappa shape index (κ1) is 16.4. The summed E-state index contributed by atoms with van der Waals surface area (Å²) in [6.07, 6.45) is -1.98. The van der Waals surface area contributed by atoms with Crippen LogP contribution < -0.4 is 0 Å². The van der Waals surface area contributed by atoms with Crippen LogP contribution >= 0.6 is 0 Å². The number of aliphatic hydroxyl groups is 1. The molecule has 0 aromatic heterocycles. The first-order valence-corrected chi connectivity index (χ1v) is 6.61. The summed E-state index contributed by atoms with van der Waals surface area (Å²) in [4.78, 5) is 11.8. The molecule has 0 amide bonds. The Bertz CT molecular complexity index is 475. The molecular weight excluding hydrogens is 256 g/mol. The van der Waals surface area contributed by atoms with Gasteiger partial charge in [0.2, 0.25) is 6.29 Å². The third-order valence-corrected chi connectivity index (χ3v) is 2.58. The zero-order chi connectivity index (χ0) is 15.0. The van der Waals surface area contributed by atoms with E-state index >= 15 is 0 Å². The second-order valence-corrected chi connectivity index (χ2v) is 4.19. The average molecular weight is 276 g/mol. The number of Topliss-reactive ketones (excluding diaryl/α,β-unsaturated/α-hetero) is 1. The highest BCUT2D eigenvalue weighted by molar-refractivity contribution is 5.98. The SMILES string of the molecule is CCOC(OCC)C(=O)C#CC(O)c1ccc(C)cc1. The van der Waals surface area contributed by atoms with Crippen molar-refractivity contribution in [3.05, 3.63) is 35.4 Å². The van der Waals surface area contributed by atoms with Gasteiger partial charge >= 0.3 is 0 Å². The van der Waals surface area contributed by atoms with E-state index in [2.05, 4.69) is 11.8 Å². The molecule has 0 bridgehead atoms. The normalized spacial score (nSPS) is 11.8. The van der Waals surface area contributed by atoms with Crippen molar-refractivity contribution in [2.24, 2.45) is 0 Å². The summed E-state index contributed by atoms with van der Waals surface area (Å²) in [6.45, 7) is 6.22. The van der Waals surface area contributed by atoms with Gasteiger partial charge in [-0.05, 0) is 32.3 Å². The van der Waals surface area contributed by atoms with E-state index in [0.29, 0.717) is 18.8 Å². The number of hydrogen-bond donors (Lipinski definition) is 1. The van der Waals surface area contributed by atoms with E-state index < -0.39 is 18.2 Å². The van der Waals surface area contributed by atoms with Gasteiger partial charge in [0.25, 0.3) is 5.78 Å². The molecular formula is C16H20O4. The number of aryl methyl sites for hydroxylation is 1. The van der Waals surface area contributed by atoms with Crippen LogP contribution in [-0.2, 0) is 14.3 Å². The predicted octanol–water partition coefficient (Wildman–Crippen LogP) is 2.00. The first-order valence-electron chi connectivity index (χ1n) is 6.61. The lowest BCUT2D eigenvalue weighted by Gasteiger charge is -2.12. The Morgan fingerprint density at radius 2 is 1.75 bits per heavy atom. The zero-order valence-electron chi connectivity index (χ0n) is 12.1. The predicted molar refractivity (Wildman–Crippen MR) is 76.0 cm³/mol. The van der Waals surface area contributed by atoms with Crippen molar-refractivity contribution in [2.45, 2.75) is 33.2 Å². The smallest absolute Gasteiger partial charge is 0.261 e. The Morgan fingerprint density at radius 1 is 1.20 bits per heavy atom. The Labute approximate surface area is 119 Å². The van der Waals surface area contributed by atoms with Crippen LogP contribution in [0.25, 0.3) is 0 Å². The van der Waals surface area contributed by atoms with Crippen LogP contribution in [0.4, 0.5) is 0 Å². The molecule has 20 heavy (non-hydrogen) atoms. The summed E-state index contributed by atoms with van der Waals surface area (Å²) >= 11 is 0. The van der Waals surface area contributed by atoms with Crippen molar-refractivity contribution in [3.8, 4) is 11.8 Å². The summed E-state index contributed by atoms with van der Waals surface area (Å²) in [5.41, 5.74) is 1.75. The van der Waals surface area contributed by atoms with Gasteiger partial charge in [0, 0.05) is 13.2 Å². The van der Waals surface area contributed by atoms with E-state index in [1.165, 1.54) is 0 Å². The molecule has 4 heteroatoms. The molecule has 108 valence electrons. The number of aliphatic hydroxyl groups excluding tert-OH is 1. The Hall–Kier alpha value is -1.67. The average Bonchev–Trinajstić information content (AvgIpc) is 2.45. The minimum atomic E-state index is -0.997. The summed E-state index contributed by atoms with van der Waals surface area (Å²) in [7, 11) is 0. The second-order valence-electron chi connectivity index (χ2n) is 4.19. The fourth-order valence-corrected chi connectivity index (χ4v) is 1.53. The van der Waals surface area contributed by atoms with Crippen LogP contribution in [0.5, 0.6) is 0 Å². The van der Waals surface area contributed by atoms with Gasteiger partial charge in [0.1, 0.15) is 6.10 Å². The standard InChI is InChI=1S/C16H20O4/c1-4-19-16(20-5-2)15(18)11-10-14(17)13-8-6-12(3)7-9-13/h6-9,14,16-17H,4-5H2,1-3H3. The molecule has 0 radical (unpaired) electrons. The molecule has 1 unspecified atom stereocenters. The van der Waals surface area contributed by atoms with Gasteiger partial charge in [-0.15, -0.1) is 0 Å². The van der Waals surface area contributed by atoms with Gasteiger partial charge in [-0.2, -0.15) is 0 Å². The molecule has 1 atom stereocenters. The third kappa shape index (κ3) is 5.14. The maximum absolute atomic E-state index is 11.8. The summed E-state index contributed by atoms with van der Waals surface area (Å²) < 4.78 is 10.3. The summed E-state index contributed by atoms with van der Waals surface area (Å²) in [6, 6.07) is 7.32. The van der Waals surface area contributed by atoms with Crippen molar-refractivity contribution in [1.29, 1.82) is 0 Å². The molecule has 1 rings (SSSR count). The Morgan fingerprint density at radius 3 is 2.25 bits per heavy atom. The van der Waals surface area contributed by atoms with Gasteiger partial charge in [-0.25, -0.2) is 0 Å². The van der Waals surface area contributed by atoms with Crippen LogP contribution in [0.3, 0.4) is 0 Å². The Balaban J connectivity index is 2.71. The second kappa shape index (κ2) is 8.49. The maximum Gasteiger partial charge on any atom is 0.261 e. The minimum absolute atomic E-state index is 0.360. The maximum atomic E-state index is 11.8. The topological polar surface area (TPSA) is 55.8 Å². The van der Waals surface area contributed by atoms with Crippen molar-refractivity contribution < 1.29 is 19.4 Å². The molecule has 0 fully saturated rings. The zero-order valence-corrected chi connectivity index (χ0v) is 12.1. The van der Waals surface area contributed by atoms with E-state index in [1.54, 1.807) is 26.0 Å². The molecule has 0 saturated carbocycles. The fraction of sp³-hybridized carbons (Fsp3) is 0.438. The molecule has 1 aromatic carbocycles. The first-order chi connectivity index (χ1) is 9.58. The van der Waals surface area contributed by atoms with Gasteiger partial charge in [-0.1, -0.05) is 35.7 Å². The number of carbonyl (C=O) groups excluding carboxylic acids is 1. The molecule has 0 spiro atoms. The molecule has 1 aromatic rings. The molecule has 0 aliphatic rings. The number of rotatable bonds is 6. The molecule has 0 aliphatic heterocycles. The lowest BCUT2D eigenvalue weighted by atomic mass is 10.1. The quantitative estimate of drug-likeness (QED) is 0.490. The van der Waals surface area contributed by atoms with Crippen LogP contribution in [0.15, 0.2) is 24.3 Å². The highest BCUT2D eigenvalue weighted by Crippen LogP contribution is 2.12. The highest BCUT2D eigenvalue weighted by atomic mass is 16.7. The van der Waals surface area contributed by atoms with E-state index in [9.17, 15) is 9.90 Å². The van der Waals surface area contributed by atoms with Crippen molar-refractivity contribution in [1.82, 2.24) is 0 Å². The Kier molecular flexibility index (Phi) is 6.96. The van der Waals surface area contributed by atoms with Gasteiger partial charge in [0.05, 0.1) is 0 Å². The number of carbonyl (C=O) groups is 1. The molecule has 4 nitrogen and oxygen atoms in total. The third-order valence-electron chi connectivity index (χ3n) is 2.58. The number of ether oxygens (including phenoxy) is 2. The minimum Gasteiger partial charge on any atom is -0.376 e. The van der Waals surface area contributed by atoms with E-state index in [4.69, 9.17) is 9.47 Å². The largest absolute Gasteiger partial charge is 0.376 e. The van der Waals surface area contributed by atoms with Gasteiger partial charge in [0.15, 0.2) is 0 Å². The lowest BCUT2D eigenvalue weighted by molar-refractivity contribution is -0.162. The van der Waals surface area contributed by atoms with E-state index in [1.807, 2.05) is 19.1 Å². The monoisotopic (exact) mass is 276 g/mol. The molecule has 1 N–H and O–H groups in total. The fourth-order valence-electron chi connectivity index (χ4n) is 1.53. The highest BCUT2D eigenvalue weighted by Gasteiger charge is 2.16. The summed E-state index contributed by atoms with van der Waals surface area (Å²) in [5.74, 6) is 4.40. The van der Waals surface area contributed by atoms with Crippen molar-refractivity contribution >= 4 is 5.78 Å². The molecule has 0 saturated heterocycles. The summed E-state index contributed by atoms with van der Waals surface area (Å²) in [5, 5.41) is 9.89. The van der Waals surface area contributed by atoms with E-state index in [0.717, 1.165) is 5.56 Å². The lowest BCUT2D eigenvalue weighted by Crippen LogP contribution is -2.26. The van der Waals surface area contributed by atoms with Gasteiger partial charge < -0.3 is 14.6 Å². The van der Waals surface area contributed by atoms with Crippen LogP contribution in [0.1, 0.15) is 31.1 Å². The molecule has 0 heterocycles. The van der Waals surface area contributed by atoms with Crippen LogP contribution in [-0.4, -0.2) is 30.4 Å². The van der Waals surface area contributed by atoms with Gasteiger partial charge in [-0.3, -0.25) is 4.79 Å². The number of benzene rings is 1. The number of ketones is 1. The van der Waals surface area contributed by atoms with Crippen LogP contribution in [0.2, 0.25) is 0 Å². The van der Waals surface area contributed by atoms with Crippen molar-refractivity contribution in [3.63, 3.8) is 0 Å². The van der Waals surface area contributed by atoms with Crippen molar-refractivity contribution in [2.75, 3.05) is 13.2 Å². The molecule has 0 aliphatic carbocycles. The van der Waals surface area contributed by atoms with E-state index in [-0.39, 0.29) is 0 Å². The number of hydrogen-bond acceptors (Lipinski definition) is 4. The van der Waals surface area contributed by atoms with Crippen LogP contribution in [0, 0.1) is 18.8 Å².